The molecule has 0 bridgehead atoms. The number of nitrogens with zero attached hydrogens (tertiary/aromatic N) is 5. The van der Waals surface area contributed by atoms with E-state index >= 15 is 0 Å². The first-order valence-electron chi connectivity index (χ1n) is 14.0. The predicted molar refractivity (Wildman–Crippen MR) is 148 cm³/mol. The number of carbonyl (C=O) groups excluding carboxylic acids is 2. The number of aromatic nitrogens is 2. The first-order chi connectivity index (χ1) is 19.4. The fraction of sp³-hybridized carbons (Fsp3) is 0.500. The number of piperazine rings is 1. The van der Waals surface area contributed by atoms with E-state index in [0.717, 1.165) is 41.4 Å². The second-order valence-electron chi connectivity index (χ2n) is 11.8. The molecule has 3 heterocycles. The van der Waals surface area contributed by atoms with Gasteiger partial charge in [-0.3, -0.25) is 14.4 Å². The number of likely N-dealkylation sites (tertiary alicyclic amines) is 1. The summed E-state index contributed by atoms with van der Waals surface area (Å²) < 4.78 is 45.9. The summed E-state index contributed by atoms with van der Waals surface area (Å²) in [5.41, 5.74) is 1.06. The topological polar surface area (TPSA) is 70.9 Å². The van der Waals surface area contributed by atoms with Gasteiger partial charge in [0.25, 0.3) is 5.91 Å². The Bertz CT molecular complexity index is 1380. The van der Waals surface area contributed by atoms with Gasteiger partial charge in [0.05, 0.1) is 17.1 Å². The lowest BCUT2D eigenvalue weighted by atomic mass is 10.1. The molecule has 0 atom stereocenters. The Morgan fingerprint density at radius 2 is 1.56 bits per heavy atom. The second kappa shape index (κ2) is 11.3. The summed E-state index contributed by atoms with van der Waals surface area (Å²) in [4.78, 5) is 31.4. The van der Waals surface area contributed by atoms with Crippen molar-refractivity contribution in [2.45, 2.75) is 58.0 Å². The van der Waals surface area contributed by atoms with Gasteiger partial charge >= 0.3 is 12.3 Å². The quantitative estimate of drug-likeness (QED) is 0.409. The molecule has 0 spiro atoms. The molecule has 2 aromatic carbocycles. The van der Waals surface area contributed by atoms with Gasteiger partial charge in [0.2, 0.25) is 0 Å². The lowest BCUT2D eigenvalue weighted by molar-refractivity contribution is -0.137. The molecule has 8 nitrogen and oxygen atoms in total. The maximum atomic E-state index is 13.3. The molecule has 0 radical (unpaired) electrons. The van der Waals surface area contributed by atoms with Gasteiger partial charge in [0.15, 0.2) is 0 Å². The van der Waals surface area contributed by atoms with Gasteiger partial charge in [0.1, 0.15) is 5.60 Å². The number of fused-ring (bicyclic) bond motifs is 1. The predicted octanol–water partition coefficient (Wildman–Crippen LogP) is 5.59. The Kier molecular flexibility index (Phi) is 8.00. The van der Waals surface area contributed by atoms with Crippen molar-refractivity contribution >= 4 is 22.9 Å². The highest BCUT2D eigenvalue weighted by Crippen LogP contribution is 2.29. The van der Waals surface area contributed by atoms with Crippen LogP contribution in [0, 0.1) is 0 Å². The van der Waals surface area contributed by atoms with E-state index in [1.807, 2.05) is 54.7 Å². The molecule has 41 heavy (non-hydrogen) atoms. The van der Waals surface area contributed by atoms with Crippen molar-refractivity contribution in [1.82, 2.24) is 24.5 Å². The third-order valence-electron chi connectivity index (χ3n) is 7.61. The molecule has 2 aliphatic rings. The molecule has 220 valence electrons. The molecule has 0 saturated carbocycles. The van der Waals surface area contributed by atoms with E-state index in [4.69, 9.17) is 9.84 Å². The van der Waals surface area contributed by atoms with Crippen molar-refractivity contribution in [2.24, 2.45) is 0 Å². The number of carbonyl (C=O) groups is 2. The van der Waals surface area contributed by atoms with Crippen molar-refractivity contribution in [1.29, 1.82) is 0 Å². The number of alkyl halides is 3. The number of rotatable bonds is 4. The summed E-state index contributed by atoms with van der Waals surface area (Å²) in [6.07, 6.45) is -1.11. The number of hydrogen-bond acceptors (Lipinski definition) is 5. The minimum Gasteiger partial charge on any atom is -0.444 e. The van der Waals surface area contributed by atoms with Crippen molar-refractivity contribution in [3.8, 4) is 0 Å². The Morgan fingerprint density at radius 3 is 2.17 bits per heavy atom. The van der Waals surface area contributed by atoms with Gasteiger partial charge in [-0.15, -0.1) is 0 Å². The van der Waals surface area contributed by atoms with E-state index in [2.05, 4.69) is 4.90 Å². The molecule has 5 rings (SSSR count). The third kappa shape index (κ3) is 7.01. The molecule has 0 N–H and O–H groups in total. The van der Waals surface area contributed by atoms with E-state index in [9.17, 15) is 22.8 Å². The average Bonchev–Trinajstić information content (AvgIpc) is 3.36. The smallest absolute Gasteiger partial charge is 0.416 e. The largest absolute Gasteiger partial charge is 0.444 e. The normalized spacial score (nSPS) is 17.7. The Labute approximate surface area is 237 Å². The monoisotopic (exact) mass is 571 g/mol. The van der Waals surface area contributed by atoms with Crippen LogP contribution in [-0.4, -0.2) is 81.4 Å². The summed E-state index contributed by atoms with van der Waals surface area (Å²) in [5, 5.41) is 5.63. The van der Waals surface area contributed by atoms with Gasteiger partial charge < -0.3 is 14.5 Å². The minimum absolute atomic E-state index is 0.0421. The van der Waals surface area contributed by atoms with Gasteiger partial charge in [-0.1, -0.05) is 12.1 Å². The third-order valence-corrected chi connectivity index (χ3v) is 7.61. The van der Waals surface area contributed by atoms with Crippen molar-refractivity contribution in [3.63, 3.8) is 0 Å². The SMILES string of the molecule is CC(C)(C)OC(=O)N1CCC(n2cc3cc(C(=O)N4CCN(Cc5ccc(C(F)(F)F)cc5)CC4)ccc3n2)CC1. The lowest BCUT2D eigenvalue weighted by Crippen LogP contribution is -2.48. The molecule has 2 amide bonds. The fourth-order valence-electron chi connectivity index (χ4n) is 5.35. The first-order valence-corrected chi connectivity index (χ1v) is 14.0. The molecular formula is C30H36F3N5O3. The standard InChI is InChI=1S/C30H36F3N5O3/c1-29(2,3)41-28(40)37-12-10-25(11-13-37)38-20-23-18-22(6-9-26(23)34-38)27(39)36-16-14-35(15-17-36)19-21-4-7-24(8-5-21)30(31,32)33/h4-9,18,20,25H,10-17,19H2,1-3H3. The zero-order chi connectivity index (χ0) is 29.4. The maximum absolute atomic E-state index is 13.3. The van der Waals surface area contributed by atoms with Crippen molar-refractivity contribution in [2.75, 3.05) is 39.3 Å². The zero-order valence-corrected chi connectivity index (χ0v) is 23.7. The van der Waals surface area contributed by atoms with Crippen LogP contribution in [0.3, 0.4) is 0 Å². The average molecular weight is 572 g/mol. The molecule has 2 aliphatic heterocycles. The van der Waals surface area contributed by atoms with Crippen LogP contribution < -0.4 is 0 Å². The van der Waals surface area contributed by atoms with Gasteiger partial charge in [-0.2, -0.15) is 18.3 Å². The maximum Gasteiger partial charge on any atom is 0.416 e. The molecule has 11 heteroatoms. The molecule has 2 saturated heterocycles. The van der Waals surface area contributed by atoms with Gasteiger partial charge in [0, 0.05) is 63.0 Å². The molecule has 0 unspecified atom stereocenters. The Balaban J connectivity index is 1.15. The number of benzene rings is 2. The van der Waals surface area contributed by atoms with Crippen molar-refractivity contribution in [3.05, 3.63) is 65.4 Å². The Morgan fingerprint density at radius 1 is 0.902 bits per heavy atom. The highest BCUT2D eigenvalue weighted by atomic mass is 19.4. The molecule has 1 aromatic heterocycles. The molecule has 3 aromatic rings. The number of hydrogen-bond donors (Lipinski definition) is 0. The van der Waals surface area contributed by atoms with E-state index in [1.54, 1.807) is 4.90 Å². The molecule has 2 fully saturated rings. The van der Waals surface area contributed by atoms with Crippen LogP contribution in [0.15, 0.2) is 48.7 Å². The van der Waals surface area contributed by atoms with Crippen LogP contribution in [0.5, 0.6) is 0 Å². The fourth-order valence-corrected chi connectivity index (χ4v) is 5.35. The number of amides is 2. The van der Waals surface area contributed by atoms with Crippen LogP contribution >= 0.6 is 0 Å². The van der Waals surface area contributed by atoms with Gasteiger partial charge in [-0.25, -0.2) is 4.79 Å². The van der Waals surface area contributed by atoms with E-state index in [1.165, 1.54) is 12.1 Å². The number of piperidine rings is 1. The zero-order valence-electron chi connectivity index (χ0n) is 23.7. The highest BCUT2D eigenvalue weighted by Gasteiger charge is 2.31. The minimum atomic E-state index is -4.34. The number of halogens is 3. The van der Waals surface area contributed by atoms with E-state index in [0.29, 0.717) is 51.4 Å². The first kappa shape index (κ1) is 28.9. The van der Waals surface area contributed by atoms with Crippen LogP contribution in [0.25, 0.3) is 10.9 Å². The van der Waals surface area contributed by atoms with Crippen LogP contribution in [0.2, 0.25) is 0 Å². The summed E-state index contributed by atoms with van der Waals surface area (Å²) in [5.74, 6) is -0.0421. The summed E-state index contributed by atoms with van der Waals surface area (Å²) in [6, 6.07) is 11.0. The molecular weight excluding hydrogens is 535 g/mol. The Hall–Kier alpha value is -3.60. The highest BCUT2D eigenvalue weighted by molar-refractivity contribution is 5.98. The summed E-state index contributed by atoms with van der Waals surface area (Å²) in [7, 11) is 0. The van der Waals surface area contributed by atoms with Crippen LogP contribution in [0.1, 0.15) is 61.1 Å². The lowest BCUT2D eigenvalue weighted by Gasteiger charge is -2.34. The number of ether oxygens (including phenoxy) is 1. The van der Waals surface area contributed by atoms with Crippen LogP contribution in [0.4, 0.5) is 18.0 Å². The second-order valence-corrected chi connectivity index (χ2v) is 11.8. The summed E-state index contributed by atoms with van der Waals surface area (Å²) >= 11 is 0. The van der Waals surface area contributed by atoms with E-state index < -0.39 is 17.3 Å². The van der Waals surface area contributed by atoms with Gasteiger partial charge in [-0.05, 0) is 69.5 Å². The van der Waals surface area contributed by atoms with E-state index in [-0.39, 0.29) is 18.0 Å². The van der Waals surface area contributed by atoms with Crippen molar-refractivity contribution < 1.29 is 27.5 Å². The summed E-state index contributed by atoms with van der Waals surface area (Å²) in [6.45, 7) is 9.72. The molecule has 0 aliphatic carbocycles. The van der Waals surface area contributed by atoms with Crippen LogP contribution in [-0.2, 0) is 17.5 Å².